The van der Waals surface area contributed by atoms with Crippen molar-refractivity contribution in [2.75, 3.05) is 33.9 Å². The first kappa shape index (κ1) is 20.7. The molecular weight excluding hydrogens is 396 g/mol. The second kappa shape index (κ2) is 9.43. The maximum atomic E-state index is 12.8. The van der Waals surface area contributed by atoms with Crippen molar-refractivity contribution in [3.8, 4) is 11.5 Å². The maximum absolute atomic E-state index is 12.8. The number of thiocarbonyl (C=S) groups is 1. The minimum absolute atomic E-state index is 0.0950. The summed E-state index contributed by atoms with van der Waals surface area (Å²) in [4.78, 5) is 29.1. The summed E-state index contributed by atoms with van der Waals surface area (Å²) in [6.45, 7) is 1.95. The number of benzene rings is 1. The van der Waals surface area contributed by atoms with Crippen LogP contribution in [-0.2, 0) is 9.59 Å². The summed E-state index contributed by atoms with van der Waals surface area (Å²) in [5.41, 5.74) is 0.822. The van der Waals surface area contributed by atoms with Gasteiger partial charge in [0, 0.05) is 26.1 Å². The molecule has 2 amide bonds. The van der Waals surface area contributed by atoms with E-state index < -0.39 is 0 Å². The summed E-state index contributed by atoms with van der Waals surface area (Å²) in [7, 11) is 3.15. The van der Waals surface area contributed by atoms with Crippen molar-refractivity contribution in [3.63, 3.8) is 0 Å². The largest absolute Gasteiger partial charge is 0.493 e. The Labute approximate surface area is 174 Å². The predicted molar refractivity (Wildman–Crippen MR) is 114 cm³/mol. The lowest BCUT2D eigenvalue weighted by atomic mass is 10.1. The molecule has 28 heavy (non-hydrogen) atoms. The van der Waals surface area contributed by atoms with Crippen LogP contribution in [0.25, 0.3) is 6.08 Å². The number of methoxy groups -OCH3 is 2. The lowest BCUT2D eigenvalue weighted by Crippen LogP contribution is -2.38. The van der Waals surface area contributed by atoms with Crippen molar-refractivity contribution < 1.29 is 19.1 Å². The highest BCUT2D eigenvalue weighted by molar-refractivity contribution is 8.26. The highest BCUT2D eigenvalue weighted by Crippen LogP contribution is 2.34. The number of rotatable bonds is 6. The molecule has 2 heterocycles. The summed E-state index contributed by atoms with van der Waals surface area (Å²) in [5, 5.41) is 0. The van der Waals surface area contributed by atoms with Gasteiger partial charge in [-0.2, -0.15) is 0 Å². The number of amides is 2. The average Bonchev–Trinajstić information content (AvgIpc) is 2.99. The van der Waals surface area contributed by atoms with Crippen molar-refractivity contribution in [2.24, 2.45) is 0 Å². The SMILES string of the molecule is COc1ccc(C=C2SC(=S)N(CCC(=O)N3CCCCC3)C2=O)cc1OC. The Morgan fingerprint density at radius 2 is 1.89 bits per heavy atom. The van der Waals surface area contributed by atoms with Crippen molar-refractivity contribution >= 4 is 46.2 Å². The molecule has 0 atom stereocenters. The van der Waals surface area contributed by atoms with Gasteiger partial charge in [-0.1, -0.05) is 30.0 Å². The zero-order valence-corrected chi connectivity index (χ0v) is 17.7. The summed E-state index contributed by atoms with van der Waals surface area (Å²) in [6, 6.07) is 5.46. The normalized spacial score (nSPS) is 18.7. The number of carbonyl (C=O) groups is 2. The minimum Gasteiger partial charge on any atom is -0.493 e. The lowest BCUT2D eigenvalue weighted by molar-refractivity contribution is -0.132. The number of thioether (sulfide) groups is 1. The monoisotopic (exact) mass is 420 g/mol. The highest BCUT2D eigenvalue weighted by atomic mass is 32.2. The topological polar surface area (TPSA) is 59.1 Å². The number of hydrogen-bond donors (Lipinski definition) is 0. The Morgan fingerprint density at radius 1 is 1.18 bits per heavy atom. The molecule has 1 aromatic carbocycles. The number of carbonyl (C=O) groups excluding carboxylic acids is 2. The second-order valence-corrected chi connectivity index (χ2v) is 8.31. The van der Waals surface area contributed by atoms with Gasteiger partial charge in [-0.15, -0.1) is 0 Å². The lowest BCUT2D eigenvalue weighted by Gasteiger charge is -2.27. The molecule has 0 saturated carbocycles. The average molecular weight is 421 g/mol. The van der Waals surface area contributed by atoms with Crippen LogP contribution in [0, 0.1) is 0 Å². The molecule has 0 aromatic heterocycles. The van der Waals surface area contributed by atoms with Gasteiger partial charge in [0.05, 0.1) is 19.1 Å². The Kier molecular flexibility index (Phi) is 6.96. The molecule has 0 bridgehead atoms. The molecular formula is C20H24N2O4S2. The van der Waals surface area contributed by atoms with E-state index in [0.717, 1.165) is 31.5 Å². The van der Waals surface area contributed by atoms with Crippen molar-refractivity contribution in [2.45, 2.75) is 25.7 Å². The summed E-state index contributed by atoms with van der Waals surface area (Å²) in [5.74, 6) is 1.16. The Morgan fingerprint density at radius 3 is 2.57 bits per heavy atom. The number of likely N-dealkylation sites (tertiary alicyclic amines) is 1. The van der Waals surface area contributed by atoms with E-state index >= 15 is 0 Å². The standard InChI is InChI=1S/C20H24N2O4S2/c1-25-15-7-6-14(12-16(15)26-2)13-17-19(24)22(20(27)28-17)11-8-18(23)21-9-4-3-5-10-21/h6-7,12-13H,3-5,8-11H2,1-2H3. The molecule has 3 rings (SSSR count). The van der Waals surface area contributed by atoms with Crippen molar-refractivity contribution in [3.05, 3.63) is 28.7 Å². The van der Waals surface area contributed by atoms with E-state index in [1.165, 1.54) is 23.1 Å². The van der Waals surface area contributed by atoms with Gasteiger partial charge in [0.1, 0.15) is 4.32 Å². The van der Waals surface area contributed by atoms with Crippen LogP contribution in [0.4, 0.5) is 0 Å². The number of hydrogen-bond acceptors (Lipinski definition) is 6. The van der Waals surface area contributed by atoms with Gasteiger partial charge >= 0.3 is 0 Å². The fourth-order valence-corrected chi connectivity index (χ4v) is 4.60. The molecule has 150 valence electrons. The van der Waals surface area contributed by atoms with E-state index in [4.69, 9.17) is 21.7 Å². The van der Waals surface area contributed by atoms with E-state index in [1.54, 1.807) is 26.4 Å². The van der Waals surface area contributed by atoms with Gasteiger partial charge in [0.2, 0.25) is 5.91 Å². The smallest absolute Gasteiger partial charge is 0.266 e. The number of nitrogens with zero attached hydrogens (tertiary/aromatic N) is 2. The molecule has 2 aliphatic heterocycles. The molecule has 2 fully saturated rings. The maximum Gasteiger partial charge on any atom is 0.266 e. The van der Waals surface area contributed by atoms with Crippen LogP contribution in [0.3, 0.4) is 0 Å². The molecule has 1 aromatic rings. The van der Waals surface area contributed by atoms with Gasteiger partial charge < -0.3 is 14.4 Å². The first-order chi connectivity index (χ1) is 13.5. The van der Waals surface area contributed by atoms with E-state index in [2.05, 4.69) is 0 Å². The molecule has 6 nitrogen and oxygen atoms in total. The minimum atomic E-state index is -0.156. The van der Waals surface area contributed by atoms with Crippen LogP contribution in [0.5, 0.6) is 11.5 Å². The molecule has 0 radical (unpaired) electrons. The number of piperidine rings is 1. The summed E-state index contributed by atoms with van der Waals surface area (Å²) >= 11 is 6.62. The van der Waals surface area contributed by atoms with E-state index in [1.807, 2.05) is 17.0 Å². The molecule has 2 saturated heterocycles. The van der Waals surface area contributed by atoms with Crippen LogP contribution >= 0.6 is 24.0 Å². The van der Waals surface area contributed by atoms with Gasteiger partial charge in [0.15, 0.2) is 11.5 Å². The first-order valence-corrected chi connectivity index (χ1v) is 10.5. The fourth-order valence-electron chi connectivity index (χ4n) is 3.30. The van der Waals surface area contributed by atoms with Gasteiger partial charge in [-0.25, -0.2) is 0 Å². The van der Waals surface area contributed by atoms with Crippen LogP contribution < -0.4 is 9.47 Å². The second-order valence-electron chi connectivity index (χ2n) is 6.64. The Balaban J connectivity index is 1.66. The predicted octanol–water partition coefficient (Wildman–Crippen LogP) is 3.31. The third kappa shape index (κ3) is 4.67. The van der Waals surface area contributed by atoms with Crippen LogP contribution in [0.1, 0.15) is 31.2 Å². The van der Waals surface area contributed by atoms with Gasteiger partial charge in [0.25, 0.3) is 5.91 Å². The third-order valence-electron chi connectivity index (χ3n) is 4.84. The molecule has 0 unspecified atom stereocenters. The zero-order chi connectivity index (χ0) is 20.1. The summed E-state index contributed by atoms with van der Waals surface area (Å²) < 4.78 is 11.0. The first-order valence-electron chi connectivity index (χ1n) is 9.28. The van der Waals surface area contributed by atoms with Crippen LogP contribution in [0.15, 0.2) is 23.1 Å². The summed E-state index contributed by atoms with van der Waals surface area (Å²) in [6.07, 6.45) is 5.38. The fraction of sp³-hybridized carbons (Fsp3) is 0.450. The van der Waals surface area contributed by atoms with Crippen LogP contribution in [0.2, 0.25) is 0 Å². The molecule has 0 N–H and O–H groups in total. The van der Waals surface area contributed by atoms with Gasteiger partial charge in [-0.05, 0) is 43.0 Å². The zero-order valence-electron chi connectivity index (χ0n) is 16.1. The molecule has 0 aliphatic carbocycles. The Bertz CT molecular complexity index is 803. The Hall–Kier alpha value is -2.06. The van der Waals surface area contributed by atoms with Crippen molar-refractivity contribution in [1.29, 1.82) is 0 Å². The highest BCUT2D eigenvalue weighted by Gasteiger charge is 2.32. The quantitative estimate of drug-likeness (QED) is 0.520. The molecule has 2 aliphatic rings. The van der Waals surface area contributed by atoms with E-state index in [9.17, 15) is 9.59 Å². The number of ether oxygens (including phenoxy) is 2. The van der Waals surface area contributed by atoms with Crippen LogP contribution in [-0.4, -0.2) is 59.8 Å². The van der Waals surface area contributed by atoms with Crippen molar-refractivity contribution in [1.82, 2.24) is 9.80 Å². The molecule has 8 heteroatoms. The van der Waals surface area contributed by atoms with Gasteiger partial charge in [-0.3, -0.25) is 14.5 Å². The molecule has 0 spiro atoms. The van der Waals surface area contributed by atoms with E-state index in [0.29, 0.717) is 33.7 Å². The third-order valence-corrected chi connectivity index (χ3v) is 6.21. The van der Waals surface area contributed by atoms with E-state index in [-0.39, 0.29) is 11.8 Å².